The van der Waals surface area contributed by atoms with Crippen molar-refractivity contribution < 1.29 is 9.47 Å². The Hall–Kier alpha value is -1.56. The van der Waals surface area contributed by atoms with Crippen molar-refractivity contribution in [3.8, 4) is 5.88 Å². The van der Waals surface area contributed by atoms with Gasteiger partial charge in [0.25, 0.3) is 0 Å². The monoisotopic (exact) mass is 224 g/mol. The maximum Gasteiger partial charge on any atom is 0.242 e. The zero-order chi connectivity index (χ0) is 11.5. The van der Waals surface area contributed by atoms with Crippen molar-refractivity contribution in [1.29, 1.82) is 0 Å². The highest BCUT2D eigenvalue weighted by Gasteiger charge is 2.28. The van der Waals surface area contributed by atoms with Gasteiger partial charge in [-0.3, -0.25) is 0 Å². The molecule has 2 rings (SSSR count). The van der Waals surface area contributed by atoms with E-state index in [4.69, 9.17) is 20.9 Å². The minimum Gasteiger partial charge on any atom is -0.474 e. The standard InChI is InChI=1S/C10H16N4O2/c1-15-4-5-16-10-7(11)8(12)13-9(14-10)6-2-3-6/h6H,2-5,11H2,1H3,(H2,12,13,14). The fourth-order valence-electron chi connectivity index (χ4n) is 1.34. The van der Waals surface area contributed by atoms with Gasteiger partial charge in [0.1, 0.15) is 18.1 Å². The quantitative estimate of drug-likeness (QED) is 0.709. The molecule has 0 radical (unpaired) electrons. The van der Waals surface area contributed by atoms with Gasteiger partial charge in [-0.25, -0.2) is 4.98 Å². The second-order valence-corrected chi connectivity index (χ2v) is 3.80. The van der Waals surface area contributed by atoms with E-state index in [0.29, 0.717) is 36.5 Å². The molecule has 0 bridgehead atoms. The van der Waals surface area contributed by atoms with E-state index in [2.05, 4.69) is 9.97 Å². The molecule has 6 nitrogen and oxygen atoms in total. The molecule has 88 valence electrons. The lowest BCUT2D eigenvalue weighted by molar-refractivity contribution is 0.144. The molecule has 1 aliphatic rings. The molecule has 0 saturated heterocycles. The molecule has 0 atom stereocenters. The topological polar surface area (TPSA) is 96.3 Å². The lowest BCUT2D eigenvalue weighted by Crippen LogP contribution is -2.11. The van der Waals surface area contributed by atoms with Crippen molar-refractivity contribution in [2.24, 2.45) is 0 Å². The first-order valence-corrected chi connectivity index (χ1v) is 5.27. The molecule has 16 heavy (non-hydrogen) atoms. The Labute approximate surface area is 94.0 Å². The second-order valence-electron chi connectivity index (χ2n) is 3.80. The van der Waals surface area contributed by atoms with Crippen molar-refractivity contribution in [3.63, 3.8) is 0 Å². The third-order valence-corrected chi connectivity index (χ3v) is 2.43. The van der Waals surface area contributed by atoms with Gasteiger partial charge in [-0.05, 0) is 12.8 Å². The number of nitrogens with two attached hydrogens (primary N) is 2. The van der Waals surface area contributed by atoms with Gasteiger partial charge in [0.2, 0.25) is 5.88 Å². The van der Waals surface area contributed by atoms with Crippen LogP contribution in [0, 0.1) is 0 Å². The predicted molar refractivity (Wildman–Crippen MR) is 60.2 cm³/mol. The van der Waals surface area contributed by atoms with Gasteiger partial charge in [0.05, 0.1) is 6.61 Å². The fourth-order valence-corrected chi connectivity index (χ4v) is 1.34. The van der Waals surface area contributed by atoms with E-state index in [9.17, 15) is 0 Å². The van der Waals surface area contributed by atoms with Crippen LogP contribution in [0.3, 0.4) is 0 Å². The molecule has 1 heterocycles. The maximum absolute atomic E-state index is 5.74. The van der Waals surface area contributed by atoms with Gasteiger partial charge < -0.3 is 20.9 Å². The highest BCUT2D eigenvalue weighted by Crippen LogP contribution is 2.40. The van der Waals surface area contributed by atoms with E-state index >= 15 is 0 Å². The third kappa shape index (κ3) is 2.33. The molecule has 0 unspecified atom stereocenters. The molecular weight excluding hydrogens is 208 g/mol. The second kappa shape index (κ2) is 4.52. The Balaban J connectivity index is 2.14. The molecule has 4 N–H and O–H groups in total. The summed E-state index contributed by atoms with van der Waals surface area (Å²) in [5.74, 6) is 1.82. The van der Waals surface area contributed by atoms with Crippen molar-refractivity contribution in [1.82, 2.24) is 9.97 Å². The van der Waals surface area contributed by atoms with Crippen LogP contribution in [0.5, 0.6) is 5.88 Å². The van der Waals surface area contributed by atoms with E-state index in [1.54, 1.807) is 7.11 Å². The summed E-state index contributed by atoms with van der Waals surface area (Å²) in [6, 6.07) is 0. The van der Waals surface area contributed by atoms with Gasteiger partial charge in [-0.1, -0.05) is 0 Å². The number of ether oxygens (including phenoxy) is 2. The number of hydrogen-bond donors (Lipinski definition) is 2. The van der Waals surface area contributed by atoms with Crippen molar-refractivity contribution in [2.75, 3.05) is 31.8 Å². The van der Waals surface area contributed by atoms with Gasteiger partial charge in [0, 0.05) is 13.0 Å². The van der Waals surface area contributed by atoms with E-state index < -0.39 is 0 Å². The highest BCUT2D eigenvalue weighted by molar-refractivity contribution is 5.64. The lowest BCUT2D eigenvalue weighted by Gasteiger charge is -2.10. The molecule has 0 aliphatic heterocycles. The summed E-state index contributed by atoms with van der Waals surface area (Å²) in [6.07, 6.45) is 2.22. The average molecular weight is 224 g/mol. The normalized spacial score (nSPS) is 15.1. The first-order chi connectivity index (χ1) is 7.72. The molecule has 1 saturated carbocycles. The summed E-state index contributed by atoms with van der Waals surface area (Å²) in [4.78, 5) is 8.43. The third-order valence-electron chi connectivity index (χ3n) is 2.43. The molecular formula is C10H16N4O2. The van der Waals surface area contributed by atoms with Crippen LogP contribution in [0.15, 0.2) is 0 Å². The van der Waals surface area contributed by atoms with Gasteiger partial charge in [-0.15, -0.1) is 0 Å². The van der Waals surface area contributed by atoms with E-state index in [1.807, 2.05) is 0 Å². The zero-order valence-electron chi connectivity index (χ0n) is 9.27. The highest BCUT2D eigenvalue weighted by atomic mass is 16.5. The SMILES string of the molecule is COCCOc1nc(C2CC2)nc(N)c1N. The van der Waals surface area contributed by atoms with Crippen LogP contribution >= 0.6 is 0 Å². The summed E-state index contributed by atoms with van der Waals surface area (Å²) in [5.41, 5.74) is 11.7. The number of methoxy groups -OCH3 is 1. The molecule has 6 heteroatoms. The predicted octanol–water partition coefficient (Wildman–Crippen LogP) is 0.544. The number of anilines is 2. The largest absolute Gasteiger partial charge is 0.474 e. The molecule has 0 amide bonds. The fraction of sp³-hybridized carbons (Fsp3) is 0.600. The number of aromatic nitrogens is 2. The number of rotatable bonds is 5. The molecule has 1 aromatic heterocycles. The van der Waals surface area contributed by atoms with Crippen LogP contribution in [0.2, 0.25) is 0 Å². The van der Waals surface area contributed by atoms with Crippen LogP contribution in [-0.4, -0.2) is 30.3 Å². The molecule has 0 aromatic carbocycles. The van der Waals surface area contributed by atoms with Crippen LogP contribution in [-0.2, 0) is 4.74 Å². The smallest absolute Gasteiger partial charge is 0.242 e. The maximum atomic E-state index is 5.74. The summed E-state index contributed by atoms with van der Waals surface area (Å²) in [7, 11) is 1.61. The van der Waals surface area contributed by atoms with E-state index in [0.717, 1.165) is 18.7 Å². The Kier molecular flexibility index (Phi) is 3.09. The molecule has 0 spiro atoms. The minimum atomic E-state index is 0.296. The minimum absolute atomic E-state index is 0.296. The average Bonchev–Trinajstić information content (AvgIpc) is 3.08. The summed E-state index contributed by atoms with van der Waals surface area (Å²) in [5, 5.41) is 0. The van der Waals surface area contributed by atoms with E-state index in [1.165, 1.54) is 0 Å². The van der Waals surface area contributed by atoms with Crippen molar-refractivity contribution in [2.45, 2.75) is 18.8 Å². The Morgan fingerprint density at radius 1 is 1.25 bits per heavy atom. The number of nitrogens with zero attached hydrogens (tertiary/aromatic N) is 2. The van der Waals surface area contributed by atoms with Crippen LogP contribution in [0.4, 0.5) is 11.5 Å². The lowest BCUT2D eigenvalue weighted by atomic mass is 10.3. The van der Waals surface area contributed by atoms with Gasteiger partial charge in [0.15, 0.2) is 5.82 Å². The first kappa shape index (κ1) is 10.9. The summed E-state index contributed by atoms with van der Waals surface area (Å²) >= 11 is 0. The molecule has 1 fully saturated rings. The number of nitrogen functional groups attached to an aromatic ring is 2. The Morgan fingerprint density at radius 3 is 2.62 bits per heavy atom. The summed E-state index contributed by atoms with van der Waals surface area (Å²) in [6.45, 7) is 0.892. The van der Waals surface area contributed by atoms with E-state index in [-0.39, 0.29) is 0 Å². The summed E-state index contributed by atoms with van der Waals surface area (Å²) < 4.78 is 10.3. The van der Waals surface area contributed by atoms with Gasteiger partial charge >= 0.3 is 0 Å². The zero-order valence-corrected chi connectivity index (χ0v) is 9.27. The molecule has 1 aliphatic carbocycles. The van der Waals surface area contributed by atoms with Crippen LogP contribution in [0.1, 0.15) is 24.6 Å². The Morgan fingerprint density at radius 2 is 2.00 bits per heavy atom. The first-order valence-electron chi connectivity index (χ1n) is 5.27. The van der Waals surface area contributed by atoms with Crippen LogP contribution < -0.4 is 16.2 Å². The van der Waals surface area contributed by atoms with Gasteiger partial charge in [-0.2, -0.15) is 4.98 Å². The number of hydrogen-bond acceptors (Lipinski definition) is 6. The van der Waals surface area contributed by atoms with Crippen molar-refractivity contribution >= 4 is 11.5 Å². The molecule has 1 aromatic rings. The van der Waals surface area contributed by atoms with Crippen molar-refractivity contribution in [3.05, 3.63) is 5.82 Å². The van der Waals surface area contributed by atoms with Crippen LogP contribution in [0.25, 0.3) is 0 Å². The Bertz CT molecular complexity index is 379.